The van der Waals surface area contributed by atoms with Gasteiger partial charge in [-0.3, -0.25) is 4.79 Å². The zero-order valence-electron chi connectivity index (χ0n) is 21.6. The SMILES string of the molecule is COc1ccc(C(=O)Nc2ccc(N3CCN(c4cc(Cl)ccc4C)CC3)cc2C(=O)OCCCS)cc1. The van der Waals surface area contributed by atoms with Crippen molar-refractivity contribution in [3.63, 3.8) is 0 Å². The van der Waals surface area contributed by atoms with Gasteiger partial charge < -0.3 is 24.6 Å². The number of piperazine rings is 1. The summed E-state index contributed by atoms with van der Waals surface area (Å²) in [6, 6.07) is 18.2. The molecule has 3 aromatic rings. The van der Waals surface area contributed by atoms with Gasteiger partial charge in [-0.15, -0.1) is 0 Å². The Morgan fingerprint density at radius 2 is 1.68 bits per heavy atom. The zero-order valence-corrected chi connectivity index (χ0v) is 23.2. The van der Waals surface area contributed by atoms with Gasteiger partial charge in [0.1, 0.15) is 5.75 Å². The maximum atomic E-state index is 13.0. The van der Waals surface area contributed by atoms with Crippen molar-refractivity contribution >= 4 is 53.2 Å². The Bertz CT molecular complexity index is 1280. The van der Waals surface area contributed by atoms with Crippen molar-refractivity contribution in [3.8, 4) is 5.75 Å². The zero-order chi connectivity index (χ0) is 27.1. The van der Waals surface area contributed by atoms with Gasteiger partial charge in [0.05, 0.1) is 25.0 Å². The normalized spacial score (nSPS) is 13.3. The van der Waals surface area contributed by atoms with Crippen LogP contribution in [0, 0.1) is 6.92 Å². The molecule has 1 amide bonds. The van der Waals surface area contributed by atoms with Gasteiger partial charge in [0.25, 0.3) is 5.91 Å². The molecule has 0 saturated carbocycles. The molecule has 0 aliphatic carbocycles. The molecule has 1 N–H and O–H groups in total. The minimum Gasteiger partial charge on any atom is -0.497 e. The number of aryl methyl sites for hydroxylation is 1. The Hall–Kier alpha value is -3.36. The molecule has 0 spiro atoms. The number of esters is 1. The third-order valence-electron chi connectivity index (χ3n) is 6.52. The van der Waals surface area contributed by atoms with Crippen LogP contribution >= 0.6 is 24.2 Å². The van der Waals surface area contributed by atoms with E-state index in [-0.39, 0.29) is 12.5 Å². The molecule has 1 aliphatic heterocycles. The Labute approximate surface area is 234 Å². The topological polar surface area (TPSA) is 71.1 Å². The summed E-state index contributed by atoms with van der Waals surface area (Å²) in [5, 5.41) is 3.59. The standard InChI is InChI=1S/C29H32ClN3O4S/c1-20-4-7-22(30)18-27(20)33-14-12-32(13-15-33)23-8-11-26(25(19-23)29(35)37-16-3-17-38)31-28(34)21-5-9-24(36-2)10-6-21/h4-11,18-19,38H,3,12-17H2,1-2H3,(H,31,34). The van der Waals surface area contributed by atoms with Crippen LogP contribution in [-0.2, 0) is 4.74 Å². The van der Waals surface area contributed by atoms with Crippen LogP contribution in [0.4, 0.5) is 17.1 Å². The number of hydrogen-bond donors (Lipinski definition) is 2. The molecule has 38 heavy (non-hydrogen) atoms. The van der Waals surface area contributed by atoms with Crippen LogP contribution in [0.5, 0.6) is 5.75 Å². The highest BCUT2D eigenvalue weighted by atomic mass is 35.5. The first-order valence-electron chi connectivity index (χ1n) is 12.5. The number of ether oxygens (including phenoxy) is 2. The summed E-state index contributed by atoms with van der Waals surface area (Å²) in [4.78, 5) is 30.5. The van der Waals surface area contributed by atoms with Crippen LogP contribution in [0.1, 0.15) is 32.7 Å². The molecular formula is C29H32ClN3O4S. The van der Waals surface area contributed by atoms with Crippen molar-refractivity contribution in [2.24, 2.45) is 0 Å². The number of hydrogen-bond acceptors (Lipinski definition) is 7. The molecule has 3 aromatic carbocycles. The molecule has 1 fully saturated rings. The van der Waals surface area contributed by atoms with Crippen molar-refractivity contribution in [2.75, 3.05) is 60.8 Å². The second-order valence-electron chi connectivity index (χ2n) is 9.03. The van der Waals surface area contributed by atoms with Gasteiger partial charge in [0.2, 0.25) is 0 Å². The molecule has 200 valence electrons. The number of methoxy groups -OCH3 is 1. The lowest BCUT2D eigenvalue weighted by molar-refractivity contribution is 0.0507. The molecule has 0 aromatic heterocycles. The van der Waals surface area contributed by atoms with Gasteiger partial charge in [-0.25, -0.2) is 4.79 Å². The van der Waals surface area contributed by atoms with Gasteiger partial charge in [-0.1, -0.05) is 17.7 Å². The molecule has 0 radical (unpaired) electrons. The summed E-state index contributed by atoms with van der Waals surface area (Å²) in [5.74, 6) is 0.470. The van der Waals surface area contributed by atoms with Gasteiger partial charge in [-0.05, 0) is 79.3 Å². The molecule has 1 saturated heterocycles. The van der Waals surface area contributed by atoms with Crippen LogP contribution in [0.3, 0.4) is 0 Å². The number of nitrogens with one attached hydrogen (secondary N) is 1. The average molecular weight is 554 g/mol. The van der Waals surface area contributed by atoms with E-state index in [1.807, 2.05) is 24.3 Å². The van der Waals surface area contributed by atoms with Gasteiger partial charge in [-0.2, -0.15) is 12.6 Å². The number of carbonyl (C=O) groups is 2. The summed E-state index contributed by atoms with van der Waals surface area (Å²) >= 11 is 10.4. The van der Waals surface area contributed by atoms with Crippen molar-refractivity contribution in [3.05, 3.63) is 82.4 Å². The van der Waals surface area contributed by atoms with Crippen molar-refractivity contribution in [1.29, 1.82) is 0 Å². The van der Waals surface area contributed by atoms with E-state index in [0.717, 1.165) is 42.6 Å². The summed E-state index contributed by atoms with van der Waals surface area (Å²) in [5.41, 5.74) is 4.40. The smallest absolute Gasteiger partial charge is 0.340 e. The molecular weight excluding hydrogens is 522 g/mol. The van der Waals surface area contributed by atoms with Crippen LogP contribution in [-0.4, -0.2) is 57.5 Å². The number of carbonyl (C=O) groups excluding carboxylic acids is 2. The van der Waals surface area contributed by atoms with Crippen LogP contribution < -0.4 is 19.9 Å². The summed E-state index contributed by atoms with van der Waals surface area (Å²) < 4.78 is 10.6. The fourth-order valence-corrected chi connectivity index (χ4v) is 4.68. The number of rotatable bonds is 9. The molecule has 1 aliphatic rings. The van der Waals surface area contributed by atoms with E-state index in [0.29, 0.717) is 34.7 Å². The molecule has 0 atom stereocenters. The fraction of sp³-hybridized carbons (Fsp3) is 0.310. The number of halogens is 1. The molecule has 4 rings (SSSR count). The number of amides is 1. The molecule has 0 bridgehead atoms. The van der Waals surface area contributed by atoms with E-state index in [9.17, 15) is 9.59 Å². The number of anilines is 3. The van der Waals surface area contributed by atoms with E-state index >= 15 is 0 Å². The minimum atomic E-state index is -0.480. The van der Waals surface area contributed by atoms with Crippen molar-refractivity contribution in [1.82, 2.24) is 0 Å². The lowest BCUT2D eigenvalue weighted by atomic mass is 10.1. The van der Waals surface area contributed by atoms with E-state index in [4.69, 9.17) is 21.1 Å². The Morgan fingerprint density at radius 3 is 2.37 bits per heavy atom. The second kappa shape index (κ2) is 12.9. The van der Waals surface area contributed by atoms with Crippen LogP contribution in [0.2, 0.25) is 5.02 Å². The average Bonchev–Trinajstić information content (AvgIpc) is 2.94. The maximum absolute atomic E-state index is 13.0. The summed E-state index contributed by atoms with van der Waals surface area (Å²) in [6.45, 7) is 5.53. The molecule has 1 heterocycles. The summed E-state index contributed by atoms with van der Waals surface area (Å²) in [6.07, 6.45) is 0.646. The maximum Gasteiger partial charge on any atom is 0.340 e. The number of benzene rings is 3. The van der Waals surface area contributed by atoms with E-state index in [2.05, 4.69) is 34.7 Å². The predicted molar refractivity (Wildman–Crippen MR) is 157 cm³/mol. The Morgan fingerprint density at radius 1 is 0.974 bits per heavy atom. The highest BCUT2D eigenvalue weighted by molar-refractivity contribution is 7.80. The van der Waals surface area contributed by atoms with Gasteiger partial charge in [0.15, 0.2) is 0 Å². The van der Waals surface area contributed by atoms with Gasteiger partial charge >= 0.3 is 5.97 Å². The highest BCUT2D eigenvalue weighted by Crippen LogP contribution is 2.29. The van der Waals surface area contributed by atoms with E-state index in [1.165, 1.54) is 5.56 Å². The number of thiol groups is 1. The van der Waals surface area contributed by atoms with Crippen LogP contribution in [0.25, 0.3) is 0 Å². The van der Waals surface area contributed by atoms with Gasteiger partial charge in [0, 0.05) is 48.1 Å². The monoisotopic (exact) mass is 553 g/mol. The third kappa shape index (κ3) is 6.74. The first kappa shape index (κ1) is 27.7. The third-order valence-corrected chi connectivity index (χ3v) is 7.07. The Balaban J connectivity index is 1.52. The Kier molecular flexibility index (Phi) is 9.42. The van der Waals surface area contributed by atoms with E-state index < -0.39 is 5.97 Å². The quantitative estimate of drug-likeness (QED) is 0.201. The number of nitrogens with zero attached hydrogens (tertiary/aromatic N) is 2. The summed E-state index contributed by atoms with van der Waals surface area (Å²) in [7, 11) is 1.57. The first-order valence-corrected chi connectivity index (χ1v) is 13.5. The minimum absolute atomic E-state index is 0.260. The van der Waals surface area contributed by atoms with Crippen molar-refractivity contribution < 1.29 is 19.1 Å². The highest BCUT2D eigenvalue weighted by Gasteiger charge is 2.22. The molecule has 9 heteroatoms. The lowest BCUT2D eigenvalue weighted by Gasteiger charge is -2.38. The lowest BCUT2D eigenvalue weighted by Crippen LogP contribution is -2.46. The predicted octanol–water partition coefficient (Wildman–Crippen LogP) is 5.71. The largest absolute Gasteiger partial charge is 0.497 e. The van der Waals surface area contributed by atoms with Crippen LogP contribution in [0.15, 0.2) is 60.7 Å². The first-order chi connectivity index (χ1) is 18.4. The molecule has 0 unspecified atom stereocenters. The van der Waals surface area contributed by atoms with E-state index in [1.54, 1.807) is 43.5 Å². The molecule has 7 nitrogen and oxygen atoms in total. The second-order valence-corrected chi connectivity index (χ2v) is 9.91. The van der Waals surface area contributed by atoms with Crippen molar-refractivity contribution in [2.45, 2.75) is 13.3 Å². The fourth-order valence-electron chi connectivity index (χ4n) is 4.38.